The van der Waals surface area contributed by atoms with E-state index in [2.05, 4.69) is 6.58 Å². The molecule has 1 aliphatic rings. The van der Waals surface area contributed by atoms with Crippen LogP contribution in [-0.4, -0.2) is 80.2 Å². The number of allylic oxidation sites excluding steroid dienone is 3. The summed E-state index contributed by atoms with van der Waals surface area (Å²) in [6, 6.07) is 0. The third-order valence-electron chi connectivity index (χ3n) is 5.34. The Morgan fingerprint density at radius 1 is 1.19 bits per heavy atom. The van der Waals surface area contributed by atoms with Gasteiger partial charge >= 0.3 is 5.97 Å². The number of aliphatic carboxylic acids is 1. The molecule has 0 aromatic carbocycles. The van der Waals surface area contributed by atoms with E-state index < -0.39 is 54.8 Å². The lowest BCUT2D eigenvalue weighted by atomic mass is 9.92. The van der Waals surface area contributed by atoms with Crippen molar-refractivity contribution in [2.24, 2.45) is 5.92 Å². The van der Waals surface area contributed by atoms with Crippen molar-refractivity contribution in [3.63, 3.8) is 0 Å². The standard InChI is InChI=1S/C22H34O9/c1-6-22(5,31-21-19(27)18(26)17(25)16(11-23)30-21)8-7-15(24)13(3)9-12(2)10-14(4)20(28)29/h6,9-10,13,16-19,21,23,25-27H,1,7-8,11H2,2-5H3,(H,28,29)/b12-9+,14-10+/t13-,16+,17+,18-,19+,21+,22+/m0/s1. The van der Waals surface area contributed by atoms with E-state index >= 15 is 0 Å². The van der Waals surface area contributed by atoms with Crippen LogP contribution in [0.25, 0.3) is 0 Å². The highest BCUT2D eigenvalue weighted by Crippen LogP contribution is 2.29. The van der Waals surface area contributed by atoms with Crippen molar-refractivity contribution in [1.82, 2.24) is 0 Å². The van der Waals surface area contributed by atoms with Gasteiger partial charge in [-0.1, -0.05) is 24.6 Å². The summed E-state index contributed by atoms with van der Waals surface area (Å²) in [5.74, 6) is -1.59. The Kier molecular flexibility index (Phi) is 10.2. The van der Waals surface area contributed by atoms with Gasteiger partial charge in [-0.15, -0.1) is 6.58 Å². The number of carbonyl (C=O) groups excluding carboxylic acids is 1. The van der Waals surface area contributed by atoms with Crippen molar-refractivity contribution in [3.8, 4) is 0 Å². The van der Waals surface area contributed by atoms with Gasteiger partial charge in [0.15, 0.2) is 6.29 Å². The van der Waals surface area contributed by atoms with E-state index in [0.29, 0.717) is 5.57 Å². The van der Waals surface area contributed by atoms with E-state index in [0.717, 1.165) is 0 Å². The van der Waals surface area contributed by atoms with Gasteiger partial charge in [0.2, 0.25) is 0 Å². The number of carbonyl (C=O) groups is 2. The molecule has 0 spiro atoms. The number of aliphatic hydroxyl groups excluding tert-OH is 4. The molecule has 0 amide bonds. The molecule has 0 aliphatic carbocycles. The molecule has 5 N–H and O–H groups in total. The van der Waals surface area contributed by atoms with Gasteiger partial charge in [-0.05, 0) is 33.3 Å². The number of carboxylic acids is 1. The number of hydrogen-bond acceptors (Lipinski definition) is 8. The van der Waals surface area contributed by atoms with E-state index in [1.165, 1.54) is 19.1 Å². The van der Waals surface area contributed by atoms with E-state index in [-0.39, 0.29) is 24.2 Å². The fourth-order valence-corrected chi connectivity index (χ4v) is 3.18. The average molecular weight is 443 g/mol. The summed E-state index contributed by atoms with van der Waals surface area (Å²) in [4.78, 5) is 23.5. The normalized spacial score (nSPS) is 30.4. The zero-order valence-corrected chi connectivity index (χ0v) is 18.4. The third-order valence-corrected chi connectivity index (χ3v) is 5.34. The quantitative estimate of drug-likeness (QED) is 0.177. The molecular weight excluding hydrogens is 408 g/mol. The zero-order chi connectivity index (χ0) is 23.9. The molecule has 7 atom stereocenters. The Bertz CT molecular complexity index is 712. The Morgan fingerprint density at radius 2 is 1.81 bits per heavy atom. The second-order valence-corrected chi connectivity index (χ2v) is 8.13. The maximum atomic E-state index is 12.6. The van der Waals surface area contributed by atoms with Crippen molar-refractivity contribution in [2.75, 3.05) is 6.61 Å². The Labute approximate surface area is 182 Å². The Balaban J connectivity index is 2.78. The van der Waals surface area contributed by atoms with Crippen molar-refractivity contribution in [1.29, 1.82) is 0 Å². The second kappa shape index (κ2) is 11.7. The fourth-order valence-electron chi connectivity index (χ4n) is 3.18. The van der Waals surface area contributed by atoms with E-state index in [9.17, 15) is 30.0 Å². The molecule has 1 saturated heterocycles. The highest BCUT2D eigenvalue weighted by molar-refractivity contribution is 5.86. The van der Waals surface area contributed by atoms with E-state index in [1.807, 2.05) is 0 Å². The van der Waals surface area contributed by atoms with Gasteiger partial charge in [-0.2, -0.15) is 0 Å². The molecule has 0 bridgehead atoms. The molecule has 0 radical (unpaired) electrons. The van der Waals surface area contributed by atoms with Gasteiger partial charge in [0.25, 0.3) is 0 Å². The van der Waals surface area contributed by atoms with Crippen LogP contribution in [0.1, 0.15) is 40.5 Å². The van der Waals surface area contributed by atoms with Crippen LogP contribution in [0, 0.1) is 5.92 Å². The fraction of sp³-hybridized carbons (Fsp3) is 0.636. The van der Waals surface area contributed by atoms with E-state index in [4.69, 9.17) is 14.6 Å². The first-order valence-corrected chi connectivity index (χ1v) is 10.1. The predicted octanol–water partition coefficient (Wildman–Crippen LogP) is 0.710. The van der Waals surface area contributed by atoms with Crippen molar-refractivity contribution in [3.05, 3.63) is 36.0 Å². The van der Waals surface area contributed by atoms with Crippen molar-refractivity contribution < 1.29 is 44.6 Å². The number of Topliss-reactive ketones (excluding diaryl/α,β-unsaturated/α-hetero) is 1. The number of ether oxygens (including phenoxy) is 2. The van der Waals surface area contributed by atoms with Crippen LogP contribution >= 0.6 is 0 Å². The summed E-state index contributed by atoms with van der Waals surface area (Å²) in [7, 11) is 0. The van der Waals surface area contributed by atoms with E-state index in [1.54, 1.807) is 26.8 Å². The van der Waals surface area contributed by atoms with Crippen molar-refractivity contribution >= 4 is 11.8 Å². The van der Waals surface area contributed by atoms with Crippen LogP contribution in [0.2, 0.25) is 0 Å². The van der Waals surface area contributed by atoms with Crippen LogP contribution < -0.4 is 0 Å². The number of hydrogen-bond donors (Lipinski definition) is 5. The molecule has 31 heavy (non-hydrogen) atoms. The molecule has 0 aromatic rings. The van der Waals surface area contributed by atoms with Crippen LogP contribution in [0.3, 0.4) is 0 Å². The molecule has 176 valence electrons. The summed E-state index contributed by atoms with van der Waals surface area (Å²) >= 11 is 0. The van der Waals surface area contributed by atoms with Crippen LogP contribution in [0.15, 0.2) is 36.0 Å². The van der Waals surface area contributed by atoms with Gasteiger partial charge < -0.3 is 35.0 Å². The number of rotatable bonds is 11. The van der Waals surface area contributed by atoms with Gasteiger partial charge in [0.1, 0.15) is 30.2 Å². The third kappa shape index (κ3) is 7.64. The Morgan fingerprint density at radius 3 is 2.32 bits per heavy atom. The van der Waals surface area contributed by atoms with Crippen LogP contribution in [0.4, 0.5) is 0 Å². The number of ketones is 1. The summed E-state index contributed by atoms with van der Waals surface area (Å²) in [5, 5.41) is 48.2. The monoisotopic (exact) mass is 442 g/mol. The highest BCUT2D eigenvalue weighted by Gasteiger charge is 2.46. The highest BCUT2D eigenvalue weighted by atomic mass is 16.7. The van der Waals surface area contributed by atoms with Crippen molar-refractivity contribution in [2.45, 2.75) is 76.8 Å². The maximum absolute atomic E-state index is 12.6. The number of aliphatic hydroxyl groups is 4. The molecule has 1 fully saturated rings. The summed E-state index contributed by atoms with van der Waals surface area (Å²) in [6.45, 7) is 9.66. The van der Waals surface area contributed by atoms with Gasteiger partial charge in [-0.25, -0.2) is 4.79 Å². The maximum Gasteiger partial charge on any atom is 0.331 e. The largest absolute Gasteiger partial charge is 0.478 e. The Hall–Kier alpha value is -1.88. The van der Waals surface area contributed by atoms with Crippen LogP contribution in [0.5, 0.6) is 0 Å². The summed E-state index contributed by atoms with van der Waals surface area (Å²) in [5.41, 5.74) is -0.271. The molecule has 1 heterocycles. The first-order chi connectivity index (χ1) is 14.3. The topological polar surface area (TPSA) is 154 Å². The smallest absolute Gasteiger partial charge is 0.331 e. The first-order valence-electron chi connectivity index (χ1n) is 10.1. The summed E-state index contributed by atoms with van der Waals surface area (Å²) in [6.07, 6.45) is -2.13. The zero-order valence-electron chi connectivity index (χ0n) is 18.4. The van der Waals surface area contributed by atoms with Gasteiger partial charge in [0.05, 0.1) is 12.2 Å². The van der Waals surface area contributed by atoms with Gasteiger partial charge in [0, 0.05) is 17.9 Å². The lowest BCUT2D eigenvalue weighted by Crippen LogP contribution is -2.60. The molecular formula is C22H34O9. The molecule has 9 heteroatoms. The molecule has 1 aliphatic heterocycles. The lowest BCUT2D eigenvalue weighted by Gasteiger charge is -2.42. The number of carboxylic acid groups (broad SMARTS) is 1. The summed E-state index contributed by atoms with van der Waals surface area (Å²) < 4.78 is 11.1. The molecule has 0 aromatic heterocycles. The van der Waals surface area contributed by atoms with Gasteiger partial charge in [-0.3, -0.25) is 4.79 Å². The first kappa shape index (κ1) is 27.2. The SMILES string of the molecule is C=C[C@](C)(CCC(=O)[C@@H](C)/C=C(C)/C=C(\C)C(=O)O)O[C@H]1O[C@H](CO)[C@@H](O)[C@H](O)[C@H]1O. The lowest BCUT2D eigenvalue weighted by molar-refractivity contribution is -0.319. The average Bonchev–Trinajstić information content (AvgIpc) is 2.72. The minimum atomic E-state index is -1.57. The predicted molar refractivity (Wildman–Crippen MR) is 112 cm³/mol. The molecule has 0 saturated carbocycles. The molecule has 9 nitrogen and oxygen atoms in total. The second-order valence-electron chi connectivity index (χ2n) is 8.13. The molecule has 1 rings (SSSR count). The van der Waals surface area contributed by atoms with Crippen LogP contribution in [-0.2, 0) is 19.1 Å². The minimum absolute atomic E-state index is 0.104. The molecule has 0 unspecified atom stereocenters. The minimum Gasteiger partial charge on any atom is -0.478 e.